The molecule has 3 rings (SSSR count). The van der Waals surface area contributed by atoms with E-state index < -0.39 is 29.7 Å². The Kier molecular flexibility index (Phi) is 6.78. The van der Waals surface area contributed by atoms with E-state index in [9.17, 15) is 19.5 Å². The summed E-state index contributed by atoms with van der Waals surface area (Å²) in [4.78, 5) is 38.2. The first kappa shape index (κ1) is 20.9. The molecule has 6 nitrogen and oxygen atoms in total. The molecule has 2 aliphatic rings. The first-order chi connectivity index (χ1) is 13.4. The lowest BCUT2D eigenvalue weighted by Gasteiger charge is -2.25. The van der Waals surface area contributed by atoms with Crippen molar-refractivity contribution in [3.05, 3.63) is 27.1 Å². The highest BCUT2D eigenvalue weighted by Crippen LogP contribution is 2.39. The van der Waals surface area contributed by atoms with Gasteiger partial charge in [-0.3, -0.25) is 9.59 Å². The number of hydrogen-bond donors (Lipinski definition) is 2. The third kappa shape index (κ3) is 4.41. The molecule has 1 aromatic heterocycles. The van der Waals surface area contributed by atoms with Gasteiger partial charge in [-0.25, -0.2) is 4.79 Å². The van der Waals surface area contributed by atoms with Crippen LogP contribution in [0.5, 0.6) is 0 Å². The maximum atomic E-state index is 12.9. The highest BCUT2D eigenvalue weighted by molar-refractivity contribution is 7.17. The number of carbonyl (C=O) groups is 3. The number of carboxylic acids is 1. The van der Waals surface area contributed by atoms with Gasteiger partial charge in [-0.05, 0) is 51.0 Å². The second kappa shape index (κ2) is 9.09. The Morgan fingerprint density at radius 2 is 2.00 bits per heavy atom. The minimum absolute atomic E-state index is 0.185. The van der Waals surface area contributed by atoms with Crippen LogP contribution in [0.4, 0.5) is 5.00 Å². The molecule has 2 N–H and O–H groups in total. The van der Waals surface area contributed by atoms with E-state index in [-0.39, 0.29) is 19.4 Å². The van der Waals surface area contributed by atoms with Crippen LogP contribution in [0.3, 0.4) is 0 Å². The molecule has 0 saturated carbocycles. The van der Waals surface area contributed by atoms with Gasteiger partial charge in [0, 0.05) is 9.91 Å². The van der Waals surface area contributed by atoms with Crippen LogP contribution in [-0.2, 0) is 27.2 Å². The van der Waals surface area contributed by atoms with Gasteiger partial charge in [-0.15, -0.1) is 11.3 Å². The Hall–Kier alpha value is -1.86. The third-order valence-electron chi connectivity index (χ3n) is 5.29. The monoisotopic (exact) mass is 425 g/mol. The average molecular weight is 426 g/mol. The quantitative estimate of drug-likeness (QED) is 0.539. The molecular weight excluding hydrogens is 402 g/mol. The molecule has 0 fully saturated rings. The van der Waals surface area contributed by atoms with Crippen molar-refractivity contribution in [2.45, 2.75) is 51.9 Å². The number of halogens is 1. The van der Waals surface area contributed by atoms with Crippen molar-refractivity contribution in [2.75, 3.05) is 11.9 Å². The van der Waals surface area contributed by atoms with Gasteiger partial charge in [-0.1, -0.05) is 24.1 Å². The van der Waals surface area contributed by atoms with E-state index in [4.69, 9.17) is 16.3 Å². The number of carbonyl (C=O) groups excluding carboxylic acids is 2. The largest absolute Gasteiger partial charge is 0.481 e. The molecule has 0 unspecified atom stereocenters. The van der Waals surface area contributed by atoms with Crippen molar-refractivity contribution >= 4 is 45.8 Å². The number of allylic oxidation sites excluding steroid dienone is 2. The van der Waals surface area contributed by atoms with E-state index in [1.807, 2.05) is 0 Å². The first-order valence-corrected chi connectivity index (χ1v) is 10.8. The van der Waals surface area contributed by atoms with Crippen LogP contribution in [-0.4, -0.2) is 29.6 Å². The smallest absolute Gasteiger partial charge is 0.341 e. The fourth-order valence-corrected chi connectivity index (χ4v) is 5.39. The van der Waals surface area contributed by atoms with Crippen molar-refractivity contribution in [2.24, 2.45) is 11.8 Å². The zero-order valence-electron chi connectivity index (χ0n) is 15.8. The third-order valence-corrected chi connectivity index (χ3v) is 6.80. The number of anilines is 1. The molecule has 1 heterocycles. The van der Waals surface area contributed by atoms with Crippen LogP contribution in [0.15, 0.2) is 11.1 Å². The minimum atomic E-state index is -1.02. The van der Waals surface area contributed by atoms with Crippen LogP contribution in [0, 0.1) is 11.8 Å². The van der Waals surface area contributed by atoms with Crippen LogP contribution in [0.25, 0.3) is 0 Å². The lowest BCUT2D eigenvalue weighted by molar-refractivity contribution is -0.146. The van der Waals surface area contributed by atoms with E-state index >= 15 is 0 Å². The van der Waals surface area contributed by atoms with Crippen molar-refractivity contribution in [1.29, 1.82) is 0 Å². The summed E-state index contributed by atoms with van der Waals surface area (Å²) in [5, 5.41) is 13.2. The summed E-state index contributed by atoms with van der Waals surface area (Å²) in [6.07, 6.45) is 6.87. The standard InChI is InChI=1S/C20H24ClNO5S/c1-2-27-20(26)16-13-6-4-3-5-7-15(13)28-18(16)22-17(23)14-10-11(21)8-9-12(14)19(24)25/h8,12,14H,2-7,9-10H2,1H3,(H,22,23)(H,24,25)/t12-,14-/m1/s1. The Morgan fingerprint density at radius 3 is 2.71 bits per heavy atom. The van der Waals surface area contributed by atoms with E-state index in [1.165, 1.54) is 11.3 Å². The number of ether oxygens (including phenoxy) is 1. The normalized spacial score (nSPS) is 21.9. The topological polar surface area (TPSA) is 92.7 Å². The van der Waals surface area contributed by atoms with Crippen LogP contribution < -0.4 is 5.32 Å². The molecule has 0 aromatic carbocycles. The summed E-state index contributed by atoms with van der Waals surface area (Å²) in [5.41, 5.74) is 1.40. The molecule has 8 heteroatoms. The zero-order valence-corrected chi connectivity index (χ0v) is 17.3. The van der Waals surface area contributed by atoms with Crippen LogP contribution >= 0.6 is 22.9 Å². The van der Waals surface area contributed by atoms with Crippen LogP contribution in [0.1, 0.15) is 59.8 Å². The lowest BCUT2D eigenvalue weighted by atomic mass is 9.82. The number of hydrogen-bond acceptors (Lipinski definition) is 5. The van der Waals surface area contributed by atoms with E-state index in [0.29, 0.717) is 15.6 Å². The highest BCUT2D eigenvalue weighted by atomic mass is 35.5. The number of aliphatic carboxylic acids is 1. The predicted octanol–water partition coefficient (Wildman–Crippen LogP) is 4.37. The van der Waals surface area contributed by atoms with Gasteiger partial charge in [0.25, 0.3) is 0 Å². The Labute approximate surface area is 172 Å². The molecule has 0 spiro atoms. The number of aryl methyl sites for hydroxylation is 1. The molecule has 0 radical (unpaired) electrons. The number of thiophene rings is 1. The summed E-state index contributed by atoms with van der Waals surface area (Å²) in [5.74, 6) is -3.47. The van der Waals surface area contributed by atoms with Gasteiger partial charge < -0.3 is 15.2 Å². The summed E-state index contributed by atoms with van der Waals surface area (Å²) >= 11 is 7.47. The van der Waals surface area contributed by atoms with Crippen molar-refractivity contribution in [1.82, 2.24) is 0 Å². The summed E-state index contributed by atoms with van der Waals surface area (Å²) < 4.78 is 5.23. The van der Waals surface area contributed by atoms with Crippen molar-refractivity contribution in [3.63, 3.8) is 0 Å². The fourth-order valence-electron chi connectivity index (χ4n) is 3.86. The van der Waals surface area contributed by atoms with E-state index in [0.717, 1.165) is 42.5 Å². The van der Waals surface area contributed by atoms with Gasteiger partial charge in [0.2, 0.25) is 5.91 Å². The molecule has 0 aliphatic heterocycles. The molecule has 2 atom stereocenters. The Morgan fingerprint density at radius 1 is 1.25 bits per heavy atom. The SMILES string of the molecule is CCOC(=O)c1c(NC(=O)[C@@H]2CC(Cl)=CC[C@H]2C(=O)O)sc2c1CCCCC2. The van der Waals surface area contributed by atoms with Gasteiger partial charge in [0.05, 0.1) is 24.0 Å². The van der Waals surface area contributed by atoms with Gasteiger partial charge >= 0.3 is 11.9 Å². The second-order valence-electron chi connectivity index (χ2n) is 7.12. The molecule has 2 aliphatic carbocycles. The van der Waals surface area contributed by atoms with Gasteiger partial charge in [0.1, 0.15) is 5.00 Å². The molecular formula is C20H24ClNO5S. The number of fused-ring (bicyclic) bond motifs is 1. The molecule has 1 aromatic rings. The average Bonchev–Trinajstić information content (AvgIpc) is 2.82. The van der Waals surface area contributed by atoms with Gasteiger partial charge in [0.15, 0.2) is 0 Å². The molecule has 1 amide bonds. The number of nitrogens with one attached hydrogen (secondary N) is 1. The second-order valence-corrected chi connectivity index (χ2v) is 8.71. The van der Waals surface area contributed by atoms with Gasteiger partial charge in [-0.2, -0.15) is 0 Å². The maximum absolute atomic E-state index is 12.9. The number of carboxylic acid groups (broad SMARTS) is 1. The number of esters is 1. The summed E-state index contributed by atoms with van der Waals surface area (Å²) in [6.45, 7) is 2.00. The molecule has 152 valence electrons. The van der Waals surface area contributed by atoms with Crippen molar-refractivity contribution in [3.8, 4) is 0 Å². The Bertz CT molecular complexity index is 816. The molecule has 0 bridgehead atoms. The molecule has 0 saturated heterocycles. The van der Waals surface area contributed by atoms with Crippen molar-refractivity contribution < 1.29 is 24.2 Å². The summed E-state index contributed by atoms with van der Waals surface area (Å²) in [7, 11) is 0. The van der Waals surface area contributed by atoms with E-state index in [1.54, 1.807) is 13.0 Å². The highest BCUT2D eigenvalue weighted by Gasteiger charge is 2.37. The minimum Gasteiger partial charge on any atom is -0.481 e. The molecule has 28 heavy (non-hydrogen) atoms. The zero-order chi connectivity index (χ0) is 20.3. The van der Waals surface area contributed by atoms with Crippen LogP contribution in [0.2, 0.25) is 0 Å². The predicted molar refractivity (Wildman–Crippen MR) is 108 cm³/mol. The lowest BCUT2D eigenvalue weighted by Crippen LogP contribution is -2.35. The number of rotatable bonds is 5. The summed E-state index contributed by atoms with van der Waals surface area (Å²) in [6, 6.07) is 0. The maximum Gasteiger partial charge on any atom is 0.341 e. The first-order valence-electron chi connectivity index (χ1n) is 9.62. The Balaban J connectivity index is 1.90. The number of amides is 1. The van der Waals surface area contributed by atoms with E-state index in [2.05, 4.69) is 5.32 Å². The fraction of sp³-hybridized carbons (Fsp3) is 0.550.